The summed E-state index contributed by atoms with van der Waals surface area (Å²) in [7, 11) is 0. The van der Waals surface area contributed by atoms with Gasteiger partial charge in [-0.05, 0) is 24.6 Å². The zero-order valence-corrected chi connectivity index (χ0v) is 6.85. The standard InChI is InChI=1S/C9H11F2N/c1-6(5-12)9-7(10)3-2-4-8(9)11/h2-4,6H,5,12H2,1H3/t6-/m0/s1. The van der Waals surface area contributed by atoms with E-state index in [2.05, 4.69) is 0 Å². The molecule has 3 heteroatoms. The highest BCUT2D eigenvalue weighted by molar-refractivity contribution is 5.23. The number of halogens is 2. The lowest BCUT2D eigenvalue weighted by molar-refractivity contribution is 0.534. The summed E-state index contributed by atoms with van der Waals surface area (Å²) in [5.41, 5.74) is 5.39. The third-order valence-electron chi connectivity index (χ3n) is 1.85. The van der Waals surface area contributed by atoms with E-state index in [1.54, 1.807) is 6.92 Å². The van der Waals surface area contributed by atoms with Crippen LogP contribution in [-0.2, 0) is 0 Å². The Labute approximate surface area is 70.2 Å². The molecule has 0 aromatic heterocycles. The van der Waals surface area contributed by atoms with E-state index < -0.39 is 11.6 Å². The Morgan fingerprint density at radius 2 is 1.83 bits per heavy atom. The predicted molar refractivity (Wildman–Crippen MR) is 43.8 cm³/mol. The Hall–Kier alpha value is -0.960. The lowest BCUT2D eigenvalue weighted by Gasteiger charge is -2.10. The number of hydrogen-bond acceptors (Lipinski definition) is 1. The fourth-order valence-corrected chi connectivity index (χ4v) is 1.10. The van der Waals surface area contributed by atoms with Crippen molar-refractivity contribution in [1.82, 2.24) is 0 Å². The SMILES string of the molecule is C[C@@H](CN)c1c(F)cccc1F. The summed E-state index contributed by atoms with van der Waals surface area (Å²) >= 11 is 0. The molecule has 0 fully saturated rings. The first-order chi connectivity index (χ1) is 5.66. The first-order valence-corrected chi connectivity index (χ1v) is 3.80. The van der Waals surface area contributed by atoms with Crippen molar-refractivity contribution in [2.75, 3.05) is 6.54 Å². The Bertz CT molecular complexity index is 253. The van der Waals surface area contributed by atoms with Gasteiger partial charge in [0.05, 0.1) is 0 Å². The number of nitrogens with two attached hydrogens (primary N) is 1. The Morgan fingerprint density at radius 3 is 2.25 bits per heavy atom. The van der Waals surface area contributed by atoms with Crippen LogP contribution in [0.4, 0.5) is 8.78 Å². The number of hydrogen-bond donors (Lipinski definition) is 1. The lowest BCUT2D eigenvalue weighted by atomic mass is 10.0. The van der Waals surface area contributed by atoms with Gasteiger partial charge < -0.3 is 5.73 Å². The molecular weight excluding hydrogens is 160 g/mol. The van der Waals surface area contributed by atoms with Crippen LogP contribution in [0.3, 0.4) is 0 Å². The van der Waals surface area contributed by atoms with Gasteiger partial charge in [0, 0.05) is 5.56 Å². The van der Waals surface area contributed by atoms with Gasteiger partial charge in [-0.2, -0.15) is 0 Å². The van der Waals surface area contributed by atoms with Crippen molar-refractivity contribution in [2.45, 2.75) is 12.8 Å². The molecule has 1 nitrogen and oxygen atoms in total. The normalized spacial score (nSPS) is 13.0. The minimum atomic E-state index is -0.520. The quantitative estimate of drug-likeness (QED) is 0.723. The van der Waals surface area contributed by atoms with Gasteiger partial charge in [-0.25, -0.2) is 8.78 Å². The highest BCUT2D eigenvalue weighted by Gasteiger charge is 2.13. The summed E-state index contributed by atoms with van der Waals surface area (Å²) in [6, 6.07) is 3.83. The molecule has 0 saturated heterocycles. The van der Waals surface area contributed by atoms with E-state index in [-0.39, 0.29) is 18.0 Å². The molecule has 1 aromatic carbocycles. The molecule has 66 valence electrons. The molecule has 0 aliphatic rings. The highest BCUT2D eigenvalue weighted by Crippen LogP contribution is 2.20. The molecule has 0 heterocycles. The fourth-order valence-electron chi connectivity index (χ4n) is 1.10. The number of rotatable bonds is 2. The zero-order chi connectivity index (χ0) is 9.14. The molecule has 1 atom stereocenters. The van der Waals surface area contributed by atoms with Crippen molar-refractivity contribution in [3.8, 4) is 0 Å². The van der Waals surface area contributed by atoms with E-state index in [1.807, 2.05) is 0 Å². The van der Waals surface area contributed by atoms with Gasteiger partial charge in [-0.15, -0.1) is 0 Å². The van der Waals surface area contributed by atoms with Crippen LogP contribution in [0.15, 0.2) is 18.2 Å². The smallest absolute Gasteiger partial charge is 0.129 e. The monoisotopic (exact) mass is 171 g/mol. The summed E-state index contributed by atoms with van der Waals surface area (Å²) in [5, 5.41) is 0. The van der Waals surface area contributed by atoms with E-state index in [9.17, 15) is 8.78 Å². The zero-order valence-electron chi connectivity index (χ0n) is 6.85. The fraction of sp³-hybridized carbons (Fsp3) is 0.333. The molecule has 0 amide bonds. The summed E-state index contributed by atoms with van der Waals surface area (Å²) in [6.45, 7) is 1.94. The van der Waals surface area contributed by atoms with E-state index in [4.69, 9.17) is 5.73 Å². The summed E-state index contributed by atoms with van der Waals surface area (Å²) in [4.78, 5) is 0. The third-order valence-corrected chi connectivity index (χ3v) is 1.85. The molecule has 0 radical (unpaired) electrons. The van der Waals surface area contributed by atoms with Gasteiger partial charge in [0.2, 0.25) is 0 Å². The Kier molecular flexibility index (Phi) is 2.76. The van der Waals surface area contributed by atoms with Crippen molar-refractivity contribution < 1.29 is 8.78 Å². The van der Waals surface area contributed by atoms with Gasteiger partial charge in [0.25, 0.3) is 0 Å². The van der Waals surface area contributed by atoms with Crippen LogP contribution in [0.5, 0.6) is 0 Å². The van der Waals surface area contributed by atoms with Crippen LogP contribution in [0.1, 0.15) is 18.4 Å². The molecule has 1 rings (SSSR count). The van der Waals surface area contributed by atoms with Crippen LogP contribution >= 0.6 is 0 Å². The van der Waals surface area contributed by atoms with E-state index in [1.165, 1.54) is 18.2 Å². The van der Waals surface area contributed by atoms with Gasteiger partial charge in [0.1, 0.15) is 11.6 Å². The van der Waals surface area contributed by atoms with Crippen LogP contribution < -0.4 is 5.73 Å². The molecule has 0 saturated carbocycles. The van der Waals surface area contributed by atoms with Gasteiger partial charge >= 0.3 is 0 Å². The predicted octanol–water partition coefficient (Wildman–Crippen LogP) is 2.03. The first-order valence-electron chi connectivity index (χ1n) is 3.80. The molecular formula is C9H11F2N. The van der Waals surface area contributed by atoms with E-state index >= 15 is 0 Å². The molecule has 12 heavy (non-hydrogen) atoms. The lowest BCUT2D eigenvalue weighted by Crippen LogP contribution is -2.12. The second-order valence-corrected chi connectivity index (χ2v) is 2.77. The maximum Gasteiger partial charge on any atom is 0.129 e. The molecule has 0 unspecified atom stereocenters. The van der Waals surface area contributed by atoms with Crippen LogP contribution in [-0.4, -0.2) is 6.54 Å². The van der Waals surface area contributed by atoms with Crippen LogP contribution in [0.25, 0.3) is 0 Å². The number of benzene rings is 1. The van der Waals surface area contributed by atoms with Crippen molar-refractivity contribution in [3.05, 3.63) is 35.4 Å². The summed E-state index contributed by atoms with van der Waals surface area (Å²) in [5.74, 6) is -1.31. The minimum absolute atomic E-state index is 0.0833. The van der Waals surface area contributed by atoms with Crippen molar-refractivity contribution in [1.29, 1.82) is 0 Å². The van der Waals surface area contributed by atoms with Gasteiger partial charge in [-0.3, -0.25) is 0 Å². The molecule has 0 spiro atoms. The van der Waals surface area contributed by atoms with E-state index in [0.29, 0.717) is 0 Å². The molecule has 0 bridgehead atoms. The second-order valence-electron chi connectivity index (χ2n) is 2.77. The third kappa shape index (κ3) is 1.61. The van der Waals surface area contributed by atoms with Gasteiger partial charge in [0.15, 0.2) is 0 Å². The molecule has 2 N–H and O–H groups in total. The Balaban J connectivity index is 3.12. The molecule has 0 aliphatic heterocycles. The largest absolute Gasteiger partial charge is 0.330 e. The van der Waals surface area contributed by atoms with Gasteiger partial charge in [-0.1, -0.05) is 13.0 Å². The topological polar surface area (TPSA) is 26.0 Å². The summed E-state index contributed by atoms with van der Waals surface area (Å²) < 4.78 is 26.0. The minimum Gasteiger partial charge on any atom is -0.330 e. The van der Waals surface area contributed by atoms with Crippen LogP contribution in [0.2, 0.25) is 0 Å². The Morgan fingerprint density at radius 1 is 1.33 bits per heavy atom. The highest BCUT2D eigenvalue weighted by atomic mass is 19.1. The maximum absolute atomic E-state index is 13.0. The van der Waals surface area contributed by atoms with Crippen LogP contribution in [0, 0.1) is 11.6 Å². The van der Waals surface area contributed by atoms with Crippen molar-refractivity contribution in [3.63, 3.8) is 0 Å². The van der Waals surface area contributed by atoms with E-state index in [0.717, 1.165) is 0 Å². The second kappa shape index (κ2) is 3.63. The average molecular weight is 171 g/mol. The first kappa shape index (κ1) is 9.13. The molecule has 1 aromatic rings. The van der Waals surface area contributed by atoms with Crippen molar-refractivity contribution >= 4 is 0 Å². The van der Waals surface area contributed by atoms with Crippen molar-refractivity contribution in [2.24, 2.45) is 5.73 Å². The average Bonchev–Trinajstić information content (AvgIpc) is 2.03. The summed E-state index contributed by atoms with van der Waals surface area (Å²) in [6.07, 6.45) is 0. The maximum atomic E-state index is 13.0. The molecule has 0 aliphatic carbocycles.